The molecule has 2 aromatic rings. The number of aliphatic hydroxyl groups excluding tert-OH is 1. The van der Waals surface area contributed by atoms with E-state index in [1.807, 2.05) is 18.2 Å². The molecule has 0 bridgehead atoms. The van der Waals surface area contributed by atoms with Gasteiger partial charge in [-0.15, -0.1) is 0 Å². The maximum Gasteiger partial charge on any atom is 0.133 e. The van der Waals surface area contributed by atoms with Crippen LogP contribution in [0.2, 0.25) is 0 Å². The Morgan fingerprint density at radius 3 is 2.52 bits per heavy atom. The standard InChI is InChI=1S/C20H25BrN2O2/c1-15-4-3-5-17(12-15)23-10-8-22(9-11-23)14-19(24)16-6-7-20(25-2)18(21)13-16/h3-7,12-13,19,24H,8-11,14H2,1-2H3. The first kappa shape index (κ1) is 18.2. The predicted octanol–water partition coefficient (Wildman–Crippen LogP) is 3.62. The second-order valence-electron chi connectivity index (χ2n) is 6.54. The molecule has 0 spiro atoms. The first-order valence-corrected chi connectivity index (χ1v) is 9.41. The number of rotatable bonds is 5. The van der Waals surface area contributed by atoms with E-state index >= 15 is 0 Å². The number of aryl methyl sites for hydroxylation is 1. The van der Waals surface area contributed by atoms with E-state index in [0.29, 0.717) is 6.54 Å². The molecule has 25 heavy (non-hydrogen) atoms. The summed E-state index contributed by atoms with van der Waals surface area (Å²) in [6.07, 6.45) is -0.493. The maximum absolute atomic E-state index is 10.6. The van der Waals surface area contributed by atoms with E-state index in [4.69, 9.17) is 4.74 Å². The van der Waals surface area contributed by atoms with Crippen LogP contribution < -0.4 is 9.64 Å². The molecule has 1 aliphatic heterocycles. The Bertz CT molecular complexity index is 715. The van der Waals surface area contributed by atoms with Crippen LogP contribution in [0.4, 0.5) is 5.69 Å². The van der Waals surface area contributed by atoms with Crippen molar-refractivity contribution in [3.05, 3.63) is 58.1 Å². The van der Waals surface area contributed by atoms with Gasteiger partial charge in [0.05, 0.1) is 17.7 Å². The Hall–Kier alpha value is -1.56. The molecule has 0 aliphatic carbocycles. The summed E-state index contributed by atoms with van der Waals surface area (Å²) < 4.78 is 6.12. The first-order chi connectivity index (χ1) is 12.1. The van der Waals surface area contributed by atoms with Crippen LogP contribution in [-0.4, -0.2) is 49.8 Å². The lowest BCUT2D eigenvalue weighted by atomic mass is 10.1. The van der Waals surface area contributed by atoms with Gasteiger partial charge in [-0.3, -0.25) is 4.90 Å². The lowest BCUT2D eigenvalue weighted by Crippen LogP contribution is -2.47. The van der Waals surface area contributed by atoms with Gasteiger partial charge in [-0.1, -0.05) is 18.2 Å². The number of piperazine rings is 1. The van der Waals surface area contributed by atoms with Crippen molar-refractivity contribution < 1.29 is 9.84 Å². The van der Waals surface area contributed by atoms with E-state index in [0.717, 1.165) is 42.0 Å². The third-order valence-corrected chi connectivity index (χ3v) is 5.35. The highest BCUT2D eigenvalue weighted by Crippen LogP contribution is 2.28. The van der Waals surface area contributed by atoms with Gasteiger partial charge in [-0.2, -0.15) is 0 Å². The average Bonchev–Trinajstić information content (AvgIpc) is 2.62. The van der Waals surface area contributed by atoms with E-state index in [9.17, 15) is 5.11 Å². The lowest BCUT2D eigenvalue weighted by Gasteiger charge is -2.37. The van der Waals surface area contributed by atoms with Crippen LogP contribution in [0.25, 0.3) is 0 Å². The van der Waals surface area contributed by atoms with Crippen molar-refractivity contribution in [1.82, 2.24) is 4.90 Å². The van der Waals surface area contributed by atoms with Crippen LogP contribution in [0.5, 0.6) is 5.75 Å². The summed E-state index contributed by atoms with van der Waals surface area (Å²) in [4.78, 5) is 4.74. The number of hydrogen-bond donors (Lipinski definition) is 1. The lowest BCUT2D eigenvalue weighted by molar-refractivity contribution is 0.109. The van der Waals surface area contributed by atoms with Gasteiger partial charge < -0.3 is 14.7 Å². The number of methoxy groups -OCH3 is 1. The highest BCUT2D eigenvalue weighted by atomic mass is 79.9. The summed E-state index contributed by atoms with van der Waals surface area (Å²) in [5.74, 6) is 0.780. The van der Waals surface area contributed by atoms with Crippen LogP contribution in [0.15, 0.2) is 46.9 Å². The van der Waals surface area contributed by atoms with E-state index in [1.165, 1.54) is 11.3 Å². The third-order valence-electron chi connectivity index (χ3n) is 4.73. The van der Waals surface area contributed by atoms with E-state index in [2.05, 4.69) is 56.9 Å². The Morgan fingerprint density at radius 1 is 1.12 bits per heavy atom. The predicted molar refractivity (Wildman–Crippen MR) is 105 cm³/mol. The number of aliphatic hydroxyl groups is 1. The molecule has 1 saturated heterocycles. The Balaban J connectivity index is 1.55. The van der Waals surface area contributed by atoms with E-state index in [-0.39, 0.29) is 0 Å². The third kappa shape index (κ3) is 4.54. The van der Waals surface area contributed by atoms with E-state index in [1.54, 1.807) is 7.11 Å². The molecule has 5 heteroatoms. The highest BCUT2D eigenvalue weighted by Gasteiger charge is 2.20. The minimum Gasteiger partial charge on any atom is -0.496 e. The van der Waals surface area contributed by atoms with Crippen molar-refractivity contribution >= 4 is 21.6 Å². The zero-order valence-corrected chi connectivity index (χ0v) is 16.4. The minimum atomic E-state index is -0.493. The van der Waals surface area contributed by atoms with Gasteiger partial charge in [0.1, 0.15) is 5.75 Å². The molecule has 0 saturated carbocycles. The minimum absolute atomic E-state index is 0.493. The number of nitrogens with zero attached hydrogens (tertiary/aromatic N) is 2. The number of halogens is 1. The summed E-state index contributed by atoms with van der Waals surface area (Å²) in [5.41, 5.74) is 3.49. The van der Waals surface area contributed by atoms with Crippen LogP contribution >= 0.6 is 15.9 Å². The molecule has 1 heterocycles. The van der Waals surface area contributed by atoms with Gasteiger partial charge in [-0.05, 0) is 58.2 Å². The zero-order chi connectivity index (χ0) is 17.8. The molecule has 4 nitrogen and oxygen atoms in total. The van der Waals surface area contributed by atoms with Gasteiger partial charge in [0.25, 0.3) is 0 Å². The fourth-order valence-corrected chi connectivity index (χ4v) is 3.81. The fourth-order valence-electron chi connectivity index (χ4n) is 3.25. The summed E-state index contributed by atoms with van der Waals surface area (Å²) in [5, 5.41) is 10.6. The first-order valence-electron chi connectivity index (χ1n) is 8.62. The second-order valence-corrected chi connectivity index (χ2v) is 7.39. The van der Waals surface area contributed by atoms with Crippen LogP contribution in [0.1, 0.15) is 17.2 Å². The normalized spacial score (nSPS) is 16.7. The molecular formula is C20H25BrN2O2. The number of β-amino-alcohol motifs (C(OH)–C–C–N with tert-alkyl or cyclic N) is 1. The molecular weight excluding hydrogens is 380 g/mol. The van der Waals surface area contributed by atoms with Gasteiger partial charge in [0.15, 0.2) is 0 Å². The number of anilines is 1. The summed E-state index contributed by atoms with van der Waals surface area (Å²) in [7, 11) is 1.64. The zero-order valence-electron chi connectivity index (χ0n) is 14.8. The fraction of sp³-hybridized carbons (Fsp3) is 0.400. The molecule has 0 aromatic heterocycles. The SMILES string of the molecule is COc1ccc(C(O)CN2CCN(c3cccc(C)c3)CC2)cc1Br. The number of benzene rings is 2. The smallest absolute Gasteiger partial charge is 0.133 e. The molecule has 1 N–H and O–H groups in total. The van der Waals surface area contributed by atoms with Crippen molar-refractivity contribution in [1.29, 1.82) is 0 Å². The van der Waals surface area contributed by atoms with Gasteiger partial charge in [-0.25, -0.2) is 0 Å². The molecule has 1 fully saturated rings. The van der Waals surface area contributed by atoms with Crippen molar-refractivity contribution in [3.8, 4) is 5.75 Å². The molecule has 0 radical (unpaired) electrons. The van der Waals surface area contributed by atoms with Crippen molar-refractivity contribution in [2.75, 3.05) is 44.7 Å². The highest BCUT2D eigenvalue weighted by molar-refractivity contribution is 9.10. The molecule has 134 valence electrons. The quantitative estimate of drug-likeness (QED) is 0.825. The van der Waals surface area contributed by atoms with Gasteiger partial charge in [0.2, 0.25) is 0 Å². The molecule has 0 amide bonds. The Labute approximate surface area is 158 Å². The van der Waals surface area contributed by atoms with Crippen molar-refractivity contribution in [2.45, 2.75) is 13.0 Å². The molecule has 1 aliphatic rings. The number of hydrogen-bond acceptors (Lipinski definition) is 4. The Morgan fingerprint density at radius 2 is 1.88 bits per heavy atom. The topological polar surface area (TPSA) is 35.9 Å². The van der Waals surface area contributed by atoms with Gasteiger partial charge in [0, 0.05) is 38.4 Å². The summed E-state index contributed by atoms with van der Waals surface area (Å²) in [6.45, 7) is 6.68. The molecule has 2 aromatic carbocycles. The van der Waals surface area contributed by atoms with Crippen molar-refractivity contribution in [2.24, 2.45) is 0 Å². The average molecular weight is 405 g/mol. The van der Waals surface area contributed by atoms with Gasteiger partial charge >= 0.3 is 0 Å². The van der Waals surface area contributed by atoms with Crippen LogP contribution in [0.3, 0.4) is 0 Å². The molecule has 1 atom stereocenters. The maximum atomic E-state index is 10.6. The summed E-state index contributed by atoms with van der Waals surface area (Å²) >= 11 is 3.48. The van der Waals surface area contributed by atoms with Crippen molar-refractivity contribution in [3.63, 3.8) is 0 Å². The van der Waals surface area contributed by atoms with Crippen LogP contribution in [0, 0.1) is 6.92 Å². The Kier molecular flexibility index (Phi) is 5.99. The number of ether oxygens (including phenoxy) is 1. The summed E-state index contributed by atoms with van der Waals surface area (Å²) in [6, 6.07) is 14.4. The molecule has 1 unspecified atom stereocenters. The van der Waals surface area contributed by atoms with Crippen LogP contribution in [-0.2, 0) is 0 Å². The monoisotopic (exact) mass is 404 g/mol. The second kappa shape index (κ2) is 8.21. The largest absolute Gasteiger partial charge is 0.496 e. The molecule has 3 rings (SSSR count). The van der Waals surface area contributed by atoms with E-state index < -0.39 is 6.10 Å².